The quantitative estimate of drug-likeness (QED) is 0.652. The van der Waals surface area contributed by atoms with Crippen molar-refractivity contribution in [2.75, 3.05) is 18.0 Å². The molecule has 0 aliphatic carbocycles. The van der Waals surface area contributed by atoms with E-state index in [1.807, 2.05) is 18.2 Å². The molecule has 0 unspecified atom stereocenters. The number of rotatable bonds is 4. The molecule has 2 aromatic rings. The fourth-order valence-electron chi connectivity index (χ4n) is 2.79. The molecule has 0 atom stereocenters. The summed E-state index contributed by atoms with van der Waals surface area (Å²) in [6.07, 6.45) is 6.51. The molecule has 0 spiro atoms. The van der Waals surface area contributed by atoms with E-state index in [0.29, 0.717) is 11.8 Å². The van der Waals surface area contributed by atoms with Gasteiger partial charge < -0.3 is 10.0 Å². The van der Waals surface area contributed by atoms with Crippen LogP contribution in [0.2, 0.25) is 0 Å². The van der Waals surface area contributed by atoms with E-state index < -0.39 is 11.6 Å². The van der Waals surface area contributed by atoms with Gasteiger partial charge in [0.15, 0.2) is 17.9 Å². The number of hydrogen-bond acceptors (Lipinski definition) is 3. The smallest absolute Gasteiger partial charge is 0.166 e. The van der Waals surface area contributed by atoms with Crippen LogP contribution < -0.4 is 4.90 Å². The predicted molar refractivity (Wildman–Crippen MR) is 97.5 cm³/mol. The zero-order chi connectivity index (χ0) is 16.2. The lowest BCUT2D eigenvalue weighted by molar-refractivity contribution is 0.112. The summed E-state index contributed by atoms with van der Waals surface area (Å²) in [5, 5.41) is 9.41. The van der Waals surface area contributed by atoms with Crippen LogP contribution in [0, 0.1) is 5.82 Å². The summed E-state index contributed by atoms with van der Waals surface area (Å²) in [7, 11) is 0. The van der Waals surface area contributed by atoms with E-state index in [0.717, 1.165) is 18.7 Å². The molecule has 126 valence electrons. The Labute approximate surface area is 146 Å². The number of carbonyl (C=O) groups is 1. The molecule has 2 aromatic carbocycles. The normalized spacial score (nSPS) is 14.0. The third kappa shape index (κ3) is 3.95. The first kappa shape index (κ1) is 18.0. The summed E-state index contributed by atoms with van der Waals surface area (Å²) in [4.78, 5) is 13.2. The van der Waals surface area contributed by atoms with E-state index in [-0.39, 0.29) is 18.0 Å². The van der Waals surface area contributed by atoms with Gasteiger partial charge in [0.05, 0.1) is 5.56 Å². The van der Waals surface area contributed by atoms with Crippen molar-refractivity contribution in [1.82, 2.24) is 0 Å². The van der Waals surface area contributed by atoms with Gasteiger partial charge in [0, 0.05) is 18.8 Å². The summed E-state index contributed by atoms with van der Waals surface area (Å²) in [6.45, 7) is 2.22. The second-order valence-corrected chi connectivity index (χ2v) is 5.68. The molecular weight excluding hydrogens is 329 g/mol. The van der Waals surface area contributed by atoms with Crippen LogP contribution >= 0.6 is 12.4 Å². The fourth-order valence-corrected chi connectivity index (χ4v) is 2.79. The van der Waals surface area contributed by atoms with E-state index in [4.69, 9.17) is 0 Å². The Balaban J connectivity index is 0.00000208. The van der Waals surface area contributed by atoms with Crippen LogP contribution in [-0.4, -0.2) is 24.5 Å². The highest BCUT2D eigenvalue weighted by Crippen LogP contribution is 2.24. The molecule has 3 nitrogen and oxygen atoms in total. The van der Waals surface area contributed by atoms with Gasteiger partial charge >= 0.3 is 0 Å². The second kappa shape index (κ2) is 7.97. The molecule has 0 radical (unpaired) electrons. The molecule has 1 aliphatic heterocycles. The van der Waals surface area contributed by atoms with E-state index in [2.05, 4.69) is 17.0 Å². The van der Waals surface area contributed by atoms with Gasteiger partial charge in [0.1, 0.15) is 0 Å². The lowest BCUT2D eigenvalue weighted by Gasteiger charge is -2.17. The summed E-state index contributed by atoms with van der Waals surface area (Å²) >= 11 is 0. The van der Waals surface area contributed by atoms with Gasteiger partial charge in [-0.2, -0.15) is 0 Å². The SMILES string of the molecule is Cl.O=Cc1cc(C=Cc2ccc(N3CCCC3)cc2)cc(F)c1O. The number of anilines is 1. The zero-order valence-corrected chi connectivity index (χ0v) is 13.9. The number of phenolic OH excluding ortho intramolecular Hbond substituents is 1. The minimum Gasteiger partial charge on any atom is -0.504 e. The highest BCUT2D eigenvalue weighted by Gasteiger charge is 2.11. The summed E-state index contributed by atoms with van der Waals surface area (Å²) in [5.41, 5.74) is 2.70. The van der Waals surface area contributed by atoms with Crippen LogP contribution in [0.1, 0.15) is 34.3 Å². The first-order valence-electron chi connectivity index (χ1n) is 7.68. The van der Waals surface area contributed by atoms with Crippen molar-refractivity contribution in [3.63, 3.8) is 0 Å². The van der Waals surface area contributed by atoms with Crippen LogP contribution in [0.15, 0.2) is 36.4 Å². The number of hydrogen-bond donors (Lipinski definition) is 1. The second-order valence-electron chi connectivity index (χ2n) is 5.68. The average Bonchev–Trinajstić information content (AvgIpc) is 3.11. The van der Waals surface area contributed by atoms with Gasteiger partial charge in [-0.3, -0.25) is 4.79 Å². The number of aldehydes is 1. The molecule has 1 fully saturated rings. The van der Waals surface area contributed by atoms with Crippen LogP contribution in [0.5, 0.6) is 5.75 Å². The topological polar surface area (TPSA) is 40.5 Å². The lowest BCUT2D eigenvalue weighted by atomic mass is 10.1. The average molecular weight is 348 g/mol. The Hall–Kier alpha value is -2.33. The molecule has 1 heterocycles. The van der Waals surface area contributed by atoms with Crippen molar-refractivity contribution in [2.24, 2.45) is 0 Å². The predicted octanol–water partition coefficient (Wildman–Crippen LogP) is 4.54. The van der Waals surface area contributed by atoms with Crippen molar-refractivity contribution in [3.8, 4) is 5.75 Å². The number of nitrogens with zero attached hydrogens (tertiary/aromatic N) is 1. The molecular formula is C19H19ClFNO2. The van der Waals surface area contributed by atoms with Crippen molar-refractivity contribution in [2.45, 2.75) is 12.8 Å². The van der Waals surface area contributed by atoms with E-state index in [1.54, 1.807) is 6.08 Å². The van der Waals surface area contributed by atoms with Gasteiger partial charge in [-0.05, 0) is 48.2 Å². The maximum absolute atomic E-state index is 13.5. The molecule has 0 saturated carbocycles. The standard InChI is InChI=1S/C19H18FNO2.ClH/c20-18-12-15(11-16(13-22)19(18)23)4-3-14-5-7-17(8-6-14)21-9-1-2-10-21;/h3-8,11-13,23H,1-2,9-10H2;1H. The molecule has 5 heteroatoms. The Kier molecular flexibility index (Phi) is 5.99. The van der Waals surface area contributed by atoms with Gasteiger partial charge in [0.25, 0.3) is 0 Å². The largest absolute Gasteiger partial charge is 0.504 e. The molecule has 0 aromatic heterocycles. The molecule has 3 rings (SSSR count). The Morgan fingerprint density at radius 2 is 1.62 bits per heavy atom. The third-order valence-electron chi connectivity index (χ3n) is 4.07. The van der Waals surface area contributed by atoms with Gasteiger partial charge in [-0.25, -0.2) is 4.39 Å². The summed E-state index contributed by atoms with van der Waals surface area (Å²) < 4.78 is 13.5. The molecule has 24 heavy (non-hydrogen) atoms. The number of carbonyl (C=O) groups excluding carboxylic acids is 1. The number of halogens is 2. The van der Waals surface area contributed by atoms with E-state index >= 15 is 0 Å². The van der Waals surface area contributed by atoms with Gasteiger partial charge in [0.2, 0.25) is 0 Å². The number of phenols is 1. The Bertz CT molecular complexity index is 738. The molecule has 0 bridgehead atoms. The molecule has 0 amide bonds. The minimum absolute atomic E-state index is 0. The first-order valence-corrected chi connectivity index (χ1v) is 7.68. The van der Waals surface area contributed by atoms with E-state index in [1.165, 1.54) is 30.7 Å². The van der Waals surface area contributed by atoms with Crippen molar-refractivity contribution in [3.05, 3.63) is 58.9 Å². The summed E-state index contributed by atoms with van der Waals surface area (Å²) in [6, 6.07) is 10.9. The van der Waals surface area contributed by atoms with E-state index in [9.17, 15) is 14.3 Å². The van der Waals surface area contributed by atoms with Gasteiger partial charge in [-0.1, -0.05) is 24.3 Å². The van der Waals surface area contributed by atoms with Gasteiger partial charge in [-0.15, -0.1) is 12.4 Å². The minimum atomic E-state index is -0.793. The van der Waals surface area contributed by atoms with Crippen LogP contribution in [0.3, 0.4) is 0 Å². The Morgan fingerprint density at radius 3 is 2.25 bits per heavy atom. The maximum Gasteiger partial charge on any atom is 0.166 e. The fraction of sp³-hybridized carbons (Fsp3) is 0.211. The monoisotopic (exact) mass is 347 g/mol. The summed E-state index contributed by atoms with van der Waals surface area (Å²) in [5.74, 6) is -1.40. The van der Waals surface area contributed by atoms with Crippen molar-refractivity contribution < 1.29 is 14.3 Å². The molecule has 1 aliphatic rings. The van der Waals surface area contributed by atoms with Crippen molar-refractivity contribution >= 4 is 36.5 Å². The highest BCUT2D eigenvalue weighted by atomic mass is 35.5. The molecule has 1 N–H and O–H groups in total. The van der Waals surface area contributed by atoms with Crippen molar-refractivity contribution in [1.29, 1.82) is 0 Å². The zero-order valence-electron chi connectivity index (χ0n) is 13.1. The van der Waals surface area contributed by atoms with Crippen LogP contribution in [-0.2, 0) is 0 Å². The number of aromatic hydroxyl groups is 1. The first-order chi connectivity index (χ1) is 11.2. The Morgan fingerprint density at radius 1 is 1.00 bits per heavy atom. The van der Waals surface area contributed by atoms with Crippen LogP contribution in [0.4, 0.5) is 10.1 Å². The number of benzene rings is 2. The highest BCUT2D eigenvalue weighted by molar-refractivity contribution is 5.85. The maximum atomic E-state index is 13.5. The molecule has 1 saturated heterocycles. The third-order valence-corrected chi connectivity index (χ3v) is 4.07. The lowest BCUT2D eigenvalue weighted by Crippen LogP contribution is -2.17. The van der Waals surface area contributed by atoms with Crippen LogP contribution in [0.25, 0.3) is 12.2 Å².